The van der Waals surface area contributed by atoms with Crippen molar-refractivity contribution in [2.45, 2.75) is 25.9 Å². The van der Waals surface area contributed by atoms with E-state index in [-0.39, 0.29) is 12.0 Å². The van der Waals surface area contributed by atoms with Crippen LogP contribution in [-0.2, 0) is 9.53 Å². The van der Waals surface area contributed by atoms with Crippen molar-refractivity contribution < 1.29 is 9.53 Å². The molecule has 58 valence electrons. The van der Waals surface area contributed by atoms with Crippen LogP contribution in [0.5, 0.6) is 0 Å². The zero-order valence-electron chi connectivity index (χ0n) is 6.17. The van der Waals surface area contributed by atoms with Crippen molar-refractivity contribution >= 4 is 5.91 Å². The average Bonchev–Trinajstić information content (AvgIpc) is 1.88. The van der Waals surface area contributed by atoms with E-state index in [0.29, 0.717) is 12.5 Å². The standard InChI is InChI=1S/C7H13NO2/c1-5-2-3-10-6(4-5)7(8)9/h5-6H,2-4H2,1H3,(H2,8,9)/t5-,6-/m1/s1. The fraction of sp³-hybridized carbons (Fsp3) is 0.857. The minimum absolute atomic E-state index is 0.327. The van der Waals surface area contributed by atoms with Gasteiger partial charge >= 0.3 is 0 Å². The molecule has 0 aromatic heterocycles. The van der Waals surface area contributed by atoms with Crippen LogP contribution in [0.2, 0.25) is 0 Å². The smallest absolute Gasteiger partial charge is 0.246 e. The molecule has 1 heterocycles. The lowest BCUT2D eigenvalue weighted by Gasteiger charge is -2.24. The van der Waals surface area contributed by atoms with E-state index >= 15 is 0 Å². The largest absolute Gasteiger partial charge is 0.368 e. The number of rotatable bonds is 1. The molecule has 10 heavy (non-hydrogen) atoms. The molecule has 3 nitrogen and oxygen atoms in total. The van der Waals surface area contributed by atoms with Crippen molar-refractivity contribution in [3.63, 3.8) is 0 Å². The molecule has 1 amide bonds. The summed E-state index contributed by atoms with van der Waals surface area (Å²) in [5.74, 6) is 0.248. The van der Waals surface area contributed by atoms with E-state index in [1.54, 1.807) is 0 Å². The minimum atomic E-state index is -0.330. The average molecular weight is 143 g/mol. The van der Waals surface area contributed by atoms with Gasteiger partial charge in [-0.2, -0.15) is 0 Å². The van der Waals surface area contributed by atoms with Crippen molar-refractivity contribution in [1.82, 2.24) is 0 Å². The molecule has 0 spiro atoms. The van der Waals surface area contributed by atoms with Gasteiger partial charge in [0.15, 0.2) is 0 Å². The molecule has 2 atom stereocenters. The van der Waals surface area contributed by atoms with Gasteiger partial charge < -0.3 is 10.5 Å². The highest BCUT2D eigenvalue weighted by molar-refractivity contribution is 5.78. The highest BCUT2D eigenvalue weighted by atomic mass is 16.5. The first-order valence-corrected chi connectivity index (χ1v) is 3.61. The second kappa shape index (κ2) is 3.01. The number of hydrogen-bond acceptors (Lipinski definition) is 2. The van der Waals surface area contributed by atoms with Gasteiger partial charge in [0.2, 0.25) is 5.91 Å². The predicted molar refractivity (Wildman–Crippen MR) is 37.3 cm³/mol. The molecule has 0 unspecified atom stereocenters. The Kier molecular flexibility index (Phi) is 2.27. The second-order valence-corrected chi connectivity index (χ2v) is 2.89. The normalized spacial score (nSPS) is 33.7. The van der Waals surface area contributed by atoms with Crippen LogP contribution in [0, 0.1) is 5.92 Å². The topological polar surface area (TPSA) is 52.3 Å². The summed E-state index contributed by atoms with van der Waals surface area (Å²) in [6.07, 6.45) is 1.50. The Morgan fingerprint density at radius 1 is 1.70 bits per heavy atom. The quantitative estimate of drug-likeness (QED) is 0.573. The SMILES string of the molecule is C[C@@H]1CCO[C@@H](C(N)=O)C1. The van der Waals surface area contributed by atoms with Gasteiger partial charge in [-0.05, 0) is 18.8 Å². The van der Waals surface area contributed by atoms with Crippen LogP contribution in [0.4, 0.5) is 0 Å². The number of carbonyl (C=O) groups is 1. The third-order valence-electron chi connectivity index (χ3n) is 1.86. The number of nitrogens with two attached hydrogens (primary N) is 1. The predicted octanol–water partition coefficient (Wildman–Crippen LogP) is 0.287. The van der Waals surface area contributed by atoms with Gasteiger partial charge in [-0.15, -0.1) is 0 Å². The van der Waals surface area contributed by atoms with E-state index in [0.717, 1.165) is 12.8 Å². The molecule has 1 rings (SSSR count). The first-order valence-electron chi connectivity index (χ1n) is 3.61. The van der Waals surface area contributed by atoms with E-state index in [1.807, 2.05) is 0 Å². The van der Waals surface area contributed by atoms with Crippen LogP contribution in [0.25, 0.3) is 0 Å². The lowest BCUT2D eigenvalue weighted by atomic mass is 9.97. The fourth-order valence-corrected chi connectivity index (χ4v) is 1.16. The van der Waals surface area contributed by atoms with Crippen molar-refractivity contribution in [2.75, 3.05) is 6.61 Å². The van der Waals surface area contributed by atoms with Crippen LogP contribution >= 0.6 is 0 Å². The highest BCUT2D eigenvalue weighted by Gasteiger charge is 2.23. The van der Waals surface area contributed by atoms with Gasteiger partial charge in [0, 0.05) is 6.61 Å². The molecule has 0 bridgehead atoms. The zero-order valence-corrected chi connectivity index (χ0v) is 6.17. The molecule has 0 aromatic rings. The van der Waals surface area contributed by atoms with Crippen LogP contribution in [0.15, 0.2) is 0 Å². The monoisotopic (exact) mass is 143 g/mol. The van der Waals surface area contributed by atoms with E-state index in [1.165, 1.54) is 0 Å². The molecule has 1 saturated heterocycles. The summed E-state index contributed by atoms with van der Waals surface area (Å²) >= 11 is 0. The Balaban J connectivity index is 2.39. The summed E-state index contributed by atoms with van der Waals surface area (Å²) in [6.45, 7) is 2.78. The summed E-state index contributed by atoms with van der Waals surface area (Å²) < 4.78 is 5.14. The Morgan fingerprint density at radius 2 is 2.40 bits per heavy atom. The summed E-state index contributed by atoms with van der Waals surface area (Å²) in [6, 6.07) is 0. The van der Waals surface area contributed by atoms with E-state index < -0.39 is 0 Å². The zero-order chi connectivity index (χ0) is 7.56. The molecular formula is C7H13NO2. The Labute approximate surface area is 60.5 Å². The molecule has 0 aliphatic carbocycles. The third-order valence-corrected chi connectivity index (χ3v) is 1.86. The van der Waals surface area contributed by atoms with Crippen molar-refractivity contribution in [2.24, 2.45) is 11.7 Å². The first kappa shape index (κ1) is 7.54. The number of hydrogen-bond donors (Lipinski definition) is 1. The lowest BCUT2D eigenvalue weighted by Crippen LogP contribution is -2.36. The van der Waals surface area contributed by atoms with Gasteiger partial charge in [0.1, 0.15) is 6.10 Å². The van der Waals surface area contributed by atoms with Gasteiger partial charge in [-0.25, -0.2) is 0 Å². The van der Waals surface area contributed by atoms with Crippen molar-refractivity contribution in [3.05, 3.63) is 0 Å². The van der Waals surface area contributed by atoms with Gasteiger partial charge in [-0.3, -0.25) is 4.79 Å². The molecule has 3 heteroatoms. The third kappa shape index (κ3) is 1.70. The molecule has 0 radical (unpaired) electrons. The molecule has 2 N–H and O–H groups in total. The van der Waals surface area contributed by atoms with Gasteiger partial charge in [0.25, 0.3) is 0 Å². The van der Waals surface area contributed by atoms with Gasteiger partial charge in [0.05, 0.1) is 0 Å². The molecule has 1 fully saturated rings. The maximum atomic E-state index is 10.6. The number of carbonyl (C=O) groups excluding carboxylic acids is 1. The van der Waals surface area contributed by atoms with Crippen LogP contribution in [0.3, 0.4) is 0 Å². The number of amides is 1. The molecule has 1 aliphatic rings. The summed E-state index contributed by atoms with van der Waals surface area (Å²) in [4.78, 5) is 10.6. The lowest BCUT2D eigenvalue weighted by molar-refractivity contribution is -0.133. The van der Waals surface area contributed by atoms with Gasteiger partial charge in [-0.1, -0.05) is 6.92 Å². The second-order valence-electron chi connectivity index (χ2n) is 2.89. The Bertz CT molecular complexity index is 136. The van der Waals surface area contributed by atoms with E-state index in [4.69, 9.17) is 10.5 Å². The first-order chi connectivity index (χ1) is 4.70. The van der Waals surface area contributed by atoms with Crippen LogP contribution in [-0.4, -0.2) is 18.6 Å². The fourth-order valence-electron chi connectivity index (χ4n) is 1.16. The van der Waals surface area contributed by atoms with E-state index in [2.05, 4.69) is 6.92 Å². The molecule has 0 aromatic carbocycles. The van der Waals surface area contributed by atoms with Crippen LogP contribution in [0.1, 0.15) is 19.8 Å². The molecular weight excluding hydrogens is 130 g/mol. The van der Waals surface area contributed by atoms with Crippen molar-refractivity contribution in [1.29, 1.82) is 0 Å². The van der Waals surface area contributed by atoms with E-state index in [9.17, 15) is 4.79 Å². The summed E-state index contributed by atoms with van der Waals surface area (Å²) in [5, 5.41) is 0. The number of ether oxygens (including phenoxy) is 1. The maximum absolute atomic E-state index is 10.6. The Hall–Kier alpha value is -0.570. The maximum Gasteiger partial charge on any atom is 0.246 e. The summed E-state index contributed by atoms with van der Waals surface area (Å²) in [5.41, 5.74) is 5.07. The molecule has 0 saturated carbocycles. The van der Waals surface area contributed by atoms with Crippen LogP contribution < -0.4 is 5.73 Å². The highest BCUT2D eigenvalue weighted by Crippen LogP contribution is 2.18. The van der Waals surface area contributed by atoms with Crippen molar-refractivity contribution in [3.8, 4) is 0 Å². The Morgan fingerprint density at radius 3 is 2.80 bits per heavy atom. The molecule has 1 aliphatic heterocycles. The number of primary amides is 1. The minimum Gasteiger partial charge on any atom is -0.368 e. The summed E-state index contributed by atoms with van der Waals surface area (Å²) in [7, 11) is 0.